The van der Waals surface area contributed by atoms with E-state index in [1.165, 1.54) is 13.0 Å². The van der Waals surface area contributed by atoms with Gasteiger partial charge < -0.3 is 4.74 Å². The van der Waals surface area contributed by atoms with Crippen molar-refractivity contribution in [2.75, 3.05) is 6.26 Å². The van der Waals surface area contributed by atoms with Crippen LogP contribution in [0.5, 0.6) is 0 Å². The molecule has 148 valence electrons. The summed E-state index contributed by atoms with van der Waals surface area (Å²) < 4.78 is 22.2. The van der Waals surface area contributed by atoms with Gasteiger partial charge in [0.1, 0.15) is 5.82 Å². The number of fused-ring (bicyclic) bond motifs is 3. The molecule has 0 spiro atoms. The van der Waals surface area contributed by atoms with Crippen LogP contribution in [0.25, 0.3) is 5.69 Å². The average Bonchev–Trinajstić information content (AvgIpc) is 2.92. The van der Waals surface area contributed by atoms with Crippen LogP contribution < -0.4 is 0 Å². The van der Waals surface area contributed by atoms with E-state index in [0.717, 1.165) is 27.5 Å². The monoisotopic (exact) mass is 409 g/mol. The Morgan fingerprint density at radius 2 is 1.93 bits per heavy atom. The van der Waals surface area contributed by atoms with Crippen LogP contribution in [-0.4, -0.2) is 27.5 Å². The number of thioether (sulfide) groups is 1. The predicted molar refractivity (Wildman–Crippen MR) is 111 cm³/mol. The van der Waals surface area contributed by atoms with Gasteiger partial charge in [0.25, 0.3) is 6.23 Å². The first-order valence-corrected chi connectivity index (χ1v) is 10.4. The Balaban J connectivity index is 2.08. The van der Waals surface area contributed by atoms with E-state index in [0.29, 0.717) is 17.1 Å². The zero-order valence-corrected chi connectivity index (χ0v) is 17.4. The molecule has 0 aliphatic carbocycles. The topological polar surface area (TPSA) is 56.5 Å². The molecule has 0 saturated carbocycles. The van der Waals surface area contributed by atoms with Crippen molar-refractivity contribution in [1.82, 2.24) is 9.55 Å². The summed E-state index contributed by atoms with van der Waals surface area (Å²) in [6.45, 7) is 5.19. The number of aromatic nitrogens is 2. The molecule has 0 N–H and O–H groups in total. The number of ether oxygens (including phenoxy) is 1. The summed E-state index contributed by atoms with van der Waals surface area (Å²) in [6.07, 6.45) is 1.01. The van der Waals surface area contributed by atoms with Crippen LogP contribution in [0.3, 0.4) is 0 Å². The standard InChI is InChI=1S/C22H20FN3O2S/c1-12-13(2)26-19-10-9-15(29-4)11-17(19)20(16-7-5-6-8-18(16)23)25-22(21(26)24-12)28-14(3)27/h5-11,22H,1-4H3. The van der Waals surface area contributed by atoms with Gasteiger partial charge in [-0.25, -0.2) is 14.4 Å². The molecule has 0 saturated heterocycles. The largest absolute Gasteiger partial charge is 0.432 e. The van der Waals surface area contributed by atoms with Crippen molar-refractivity contribution in [1.29, 1.82) is 0 Å². The van der Waals surface area contributed by atoms with Crippen LogP contribution in [0, 0.1) is 19.7 Å². The Hall–Kier alpha value is -2.93. The van der Waals surface area contributed by atoms with Crippen LogP contribution in [0.15, 0.2) is 52.4 Å². The molecule has 0 fully saturated rings. The van der Waals surface area contributed by atoms with Crippen molar-refractivity contribution in [2.24, 2.45) is 4.99 Å². The summed E-state index contributed by atoms with van der Waals surface area (Å²) in [6, 6.07) is 12.4. The van der Waals surface area contributed by atoms with Gasteiger partial charge in [-0.1, -0.05) is 12.1 Å². The molecule has 1 atom stereocenters. The summed E-state index contributed by atoms with van der Waals surface area (Å²) in [5, 5.41) is 0. The highest BCUT2D eigenvalue weighted by Crippen LogP contribution is 2.35. The summed E-state index contributed by atoms with van der Waals surface area (Å²) in [4.78, 5) is 22.1. The number of esters is 1. The molecule has 1 aliphatic heterocycles. The van der Waals surface area contributed by atoms with Crippen LogP contribution in [-0.2, 0) is 9.53 Å². The first-order chi connectivity index (χ1) is 13.9. The highest BCUT2D eigenvalue weighted by molar-refractivity contribution is 7.98. The zero-order chi connectivity index (χ0) is 20.7. The number of nitrogens with zero attached hydrogens (tertiary/aromatic N) is 3. The Bertz CT molecular complexity index is 1150. The lowest BCUT2D eigenvalue weighted by atomic mass is 10.00. The van der Waals surface area contributed by atoms with Crippen molar-refractivity contribution in [3.8, 4) is 5.69 Å². The van der Waals surface area contributed by atoms with E-state index in [-0.39, 0.29) is 5.82 Å². The first-order valence-electron chi connectivity index (χ1n) is 9.15. The number of hydrogen-bond acceptors (Lipinski definition) is 5. The highest BCUT2D eigenvalue weighted by Gasteiger charge is 2.31. The quantitative estimate of drug-likeness (QED) is 0.462. The lowest BCUT2D eigenvalue weighted by Gasteiger charge is -2.15. The third-order valence-corrected chi connectivity index (χ3v) is 5.67. The van der Waals surface area contributed by atoms with Gasteiger partial charge in [0.2, 0.25) is 0 Å². The van der Waals surface area contributed by atoms with Gasteiger partial charge in [-0.05, 0) is 50.4 Å². The van der Waals surface area contributed by atoms with Gasteiger partial charge in [0, 0.05) is 28.6 Å². The number of carbonyl (C=O) groups is 1. The molecular formula is C22H20FN3O2S. The Kier molecular flexibility index (Phi) is 5.00. The van der Waals surface area contributed by atoms with E-state index in [2.05, 4.69) is 4.98 Å². The van der Waals surface area contributed by atoms with Crippen LogP contribution in [0.4, 0.5) is 4.39 Å². The second-order valence-corrected chi connectivity index (χ2v) is 7.66. The molecule has 2 aromatic carbocycles. The summed E-state index contributed by atoms with van der Waals surface area (Å²) in [5.41, 5.74) is 4.11. The molecule has 5 nitrogen and oxygen atoms in total. The Morgan fingerprint density at radius 3 is 2.62 bits per heavy atom. The molecule has 3 aromatic rings. The minimum absolute atomic E-state index is 0.351. The van der Waals surface area contributed by atoms with Gasteiger partial charge in [-0.3, -0.25) is 9.36 Å². The normalized spacial score (nSPS) is 15.2. The first kappa shape index (κ1) is 19.4. The number of carbonyl (C=O) groups excluding carboxylic acids is 1. The van der Waals surface area contributed by atoms with E-state index < -0.39 is 12.2 Å². The SMILES string of the molecule is CSc1ccc2c(c1)C(c1ccccc1F)=NC(OC(C)=O)c1nc(C)c(C)n1-2. The molecule has 0 radical (unpaired) electrons. The lowest BCUT2D eigenvalue weighted by Crippen LogP contribution is -2.12. The smallest absolute Gasteiger partial charge is 0.304 e. The molecule has 2 heterocycles. The number of aliphatic imine (C=N–C) groups is 1. The molecule has 4 rings (SSSR count). The number of benzene rings is 2. The zero-order valence-electron chi connectivity index (χ0n) is 16.6. The fourth-order valence-corrected chi connectivity index (χ4v) is 3.92. The Labute approximate surface area is 172 Å². The van der Waals surface area contributed by atoms with Gasteiger partial charge >= 0.3 is 5.97 Å². The maximum atomic E-state index is 14.8. The van der Waals surface area contributed by atoms with E-state index in [9.17, 15) is 9.18 Å². The van der Waals surface area contributed by atoms with Gasteiger partial charge in [-0.15, -0.1) is 11.8 Å². The molecule has 0 amide bonds. The van der Waals surface area contributed by atoms with Gasteiger partial charge in [-0.2, -0.15) is 0 Å². The minimum Gasteiger partial charge on any atom is -0.432 e. The summed E-state index contributed by atoms with van der Waals surface area (Å²) in [7, 11) is 0. The predicted octanol–water partition coefficient (Wildman–Crippen LogP) is 4.76. The molecule has 29 heavy (non-hydrogen) atoms. The van der Waals surface area contributed by atoms with E-state index >= 15 is 0 Å². The minimum atomic E-state index is -0.973. The van der Waals surface area contributed by atoms with Crippen molar-refractivity contribution < 1.29 is 13.9 Å². The summed E-state index contributed by atoms with van der Waals surface area (Å²) >= 11 is 1.59. The number of rotatable bonds is 3. The maximum Gasteiger partial charge on any atom is 0.304 e. The molecular weight excluding hydrogens is 389 g/mol. The molecule has 1 aliphatic rings. The van der Waals surface area contributed by atoms with Crippen molar-refractivity contribution >= 4 is 23.4 Å². The van der Waals surface area contributed by atoms with Crippen molar-refractivity contribution in [2.45, 2.75) is 31.9 Å². The van der Waals surface area contributed by atoms with Crippen molar-refractivity contribution in [3.05, 3.63) is 76.6 Å². The fourth-order valence-electron chi connectivity index (χ4n) is 3.48. The van der Waals surface area contributed by atoms with Crippen LogP contribution >= 0.6 is 11.8 Å². The summed E-state index contributed by atoms with van der Waals surface area (Å²) in [5.74, 6) is -0.368. The van der Waals surface area contributed by atoms with Crippen molar-refractivity contribution in [3.63, 3.8) is 0 Å². The number of imidazole rings is 1. The van der Waals surface area contributed by atoms with Gasteiger partial charge in [0.05, 0.1) is 17.1 Å². The van der Waals surface area contributed by atoms with Crippen LogP contribution in [0.1, 0.15) is 41.5 Å². The third-order valence-electron chi connectivity index (χ3n) is 4.94. The second kappa shape index (κ2) is 7.48. The van der Waals surface area contributed by atoms with E-state index in [1.807, 2.05) is 42.9 Å². The number of halogens is 1. The van der Waals surface area contributed by atoms with E-state index in [1.54, 1.807) is 30.0 Å². The molecule has 1 aromatic heterocycles. The second-order valence-electron chi connectivity index (χ2n) is 6.78. The lowest BCUT2D eigenvalue weighted by molar-refractivity contribution is -0.146. The van der Waals surface area contributed by atoms with Gasteiger partial charge in [0.15, 0.2) is 5.82 Å². The number of hydrogen-bond donors (Lipinski definition) is 0. The molecule has 0 bridgehead atoms. The highest BCUT2D eigenvalue weighted by atomic mass is 32.2. The maximum absolute atomic E-state index is 14.8. The van der Waals surface area contributed by atoms with Crippen LogP contribution in [0.2, 0.25) is 0 Å². The molecule has 7 heteroatoms. The number of aryl methyl sites for hydroxylation is 1. The Morgan fingerprint density at radius 1 is 1.17 bits per heavy atom. The fraction of sp³-hybridized carbons (Fsp3) is 0.227. The third kappa shape index (κ3) is 3.35. The van der Waals surface area contributed by atoms with E-state index in [4.69, 9.17) is 9.73 Å². The average molecular weight is 409 g/mol. The molecule has 1 unspecified atom stereocenters.